The number of carbonyl (C=O) groups excluding carboxylic acids is 1. The third-order valence-corrected chi connectivity index (χ3v) is 2.87. The van der Waals surface area contributed by atoms with E-state index in [9.17, 15) is 14.9 Å². The molecule has 0 fully saturated rings. The van der Waals surface area contributed by atoms with E-state index in [-0.39, 0.29) is 12.2 Å². The second kappa shape index (κ2) is 7.35. The maximum atomic E-state index is 11.5. The average molecular weight is 327 g/mol. The molecule has 0 aromatic heterocycles. The zero-order chi connectivity index (χ0) is 16.9. The van der Waals surface area contributed by atoms with Crippen molar-refractivity contribution < 1.29 is 14.5 Å². The first-order valence-corrected chi connectivity index (χ1v) is 7.23. The van der Waals surface area contributed by atoms with E-state index in [2.05, 4.69) is 23.3 Å². The van der Waals surface area contributed by atoms with Crippen LogP contribution in [-0.2, 0) is 4.74 Å². The molecule has 0 aliphatic heterocycles. The molecule has 2 N–H and O–H groups in total. The molecule has 0 bridgehead atoms. The van der Waals surface area contributed by atoms with Crippen LogP contribution in [0.15, 0.2) is 17.0 Å². The first-order valence-electron chi connectivity index (χ1n) is 6.79. The Kier molecular flexibility index (Phi) is 6.04. The van der Waals surface area contributed by atoms with Crippen molar-refractivity contribution in [3.05, 3.63) is 27.8 Å². The van der Waals surface area contributed by atoms with E-state index in [1.165, 1.54) is 0 Å². The number of carbonyl (C=O) groups is 1. The Labute approximate surface area is 135 Å². The fraction of sp³-hybridized carbons (Fsp3) is 0.500. The fourth-order valence-electron chi connectivity index (χ4n) is 1.76. The van der Waals surface area contributed by atoms with E-state index >= 15 is 0 Å². The van der Waals surface area contributed by atoms with E-state index in [0.29, 0.717) is 17.1 Å². The Bertz CT molecular complexity index is 570. The van der Waals surface area contributed by atoms with Gasteiger partial charge >= 0.3 is 11.8 Å². The van der Waals surface area contributed by atoms with E-state index in [1.807, 2.05) is 6.92 Å². The molecule has 0 unspecified atom stereocenters. The molecule has 8 heteroatoms. The smallest absolute Gasteiger partial charge is 0.407 e. The van der Waals surface area contributed by atoms with Crippen molar-refractivity contribution in [3.8, 4) is 0 Å². The molecule has 0 heterocycles. The van der Waals surface area contributed by atoms with Crippen molar-refractivity contribution in [2.24, 2.45) is 0 Å². The van der Waals surface area contributed by atoms with Crippen molar-refractivity contribution in [2.45, 2.75) is 38.2 Å². The molecule has 1 aromatic carbocycles. The fourth-order valence-corrected chi connectivity index (χ4v) is 2.17. The van der Waals surface area contributed by atoms with Crippen LogP contribution in [0.5, 0.6) is 0 Å². The molecule has 1 rings (SSSR count). The summed E-state index contributed by atoms with van der Waals surface area (Å²) in [7, 11) is 0. The highest BCUT2D eigenvalue weighted by atomic mass is 32.1. The minimum atomic E-state index is -0.562. The number of aryl methyl sites for hydroxylation is 1. The number of anilines is 1. The molecule has 7 nitrogen and oxygen atoms in total. The molecule has 0 aliphatic rings. The minimum Gasteiger partial charge on any atom is -0.444 e. The molecule has 0 atom stereocenters. The number of amides is 1. The van der Waals surface area contributed by atoms with Crippen molar-refractivity contribution >= 4 is 30.1 Å². The van der Waals surface area contributed by atoms with Crippen molar-refractivity contribution in [1.29, 1.82) is 0 Å². The second-order valence-corrected chi connectivity index (χ2v) is 6.27. The number of nitrogens with zero attached hydrogens (tertiary/aromatic N) is 1. The van der Waals surface area contributed by atoms with Gasteiger partial charge in [-0.15, -0.1) is 12.6 Å². The summed E-state index contributed by atoms with van der Waals surface area (Å²) in [5, 5.41) is 16.6. The maximum Gasteiger partial charge on any atom is 0.407 e. The van der Waals surface area contributed by atoms with Gasteiger partial charge < -0.3 is 15.4 Å². The predicted octanol–water partition coefficient (Wildman–Crippen LogP) is 3.13. The van der Waals surface area contributed by atoms with Crippen LogP contribution in [0.25, 0.3) is 0 Å². The molecule has 122 valence electrons. The molecular weight excluding hydrogens is 306 g/mol. The monoisotopic (exact) mass is 327 g/mol. The van der Waals surface area contributed by atoms with E-state index in [0.717, 1.165) is 5.56 Å². The minimum absolute atomic E-state index is 0.0776. The highest BCUT2D eigenvalue weighted by Crippen LogP contribution is 2.32. The molecule has 22 heavy (non-hydrogen) atoms. The molecule has 0 radical (unpaired) electrons. The molecule has 0 saturated heterocycles. The molecule has 1 aromatic rings. The van der Waals surface area contributed by atoms with Crippen LogP contribution >= 0.6 is 12.6 Å². The number of hydrogen-bond acceptors (Lipinski definition) is 6. The van der Waals surface area contributed by atoms with Gasteiger partial charge in [0.25, 0.3) is 0 Å². The van der Waals surface area contributed by atoms with Crippen molar-refractivity contribution in [3.63, 3.8) is 0 Å². The van der Waals surface area contributed by atoms with Gasteiger partial charge in [-0.25, -0.2) is 4.79 Å². The summed E-state index contributed by atoms with van der Waals surface area (Å²) < 4.78 is 5.09. The van der Waals surface area contributed by atoms with E-state index < -0.39 is 16.6 Å². The lowest BCUT2D eigenvalue weighted by Crippen LogP contribution is -2.35. The summed E-state index contributed by atoms with van der Waals surface area (Å²) in [4.78, 5) is 22.4. The Morgan fingerprint density at radius 3 is 2.55 bits per heavy atom. The lowest BCUT2D eigenvalue weighted by atomic mass is 10.2. The number of nitrogens with one attached hydrogen (secondary N) is 2. The summed E-state index contributed by atoms with van der Waals surface area (Å²) in [6.07, 6.45) is -0.525. The van der Waals surface area contributed by atoms with Gasteiger partial charge in [-0.3, -0.25) is 10.1 Å². The Hall–Kier alpha value is -1.96. The number of nitro benzene ring substituents is 1. The van der Waals surface area contributed by atoms with Gasteiger partial charge in [0.2, 0.25) is 0 Å². The first kappa shape index (κ1) is 18.1. The quantitative estimate of drug-likeness (QED) is 0.334. The number of thiol groups is 1. The van der Waals surface area contributed by atoms with Gasteiger partial charge in [0.15, 0.2) is 0 Å². The lowest BCUT2D eigenvalue weighted by Gasteiger charge is -2.19. The van der Waals surface area contributed by atoms with Crippen LogP contribution in [0.2, 0.25) is 0 Å². The Balaban J connectivity index is 2.59. The molecule has 0 aliphatic carbocycles. The number of rotatable bonds is 5. The standard InChI is InChI=1S/C14H21N3O4S/c1-9-7-10(12(17(19)20)11(22)8-9)15-5-6-16-13(18)21-14(2,3)4/h7-8,15,22H,5-6H2,1-4H3,(H,16,18). The summed E-state index contributed by atoms with van der Waals surface area (Å²) in [6.45, 7) is 7.76. The van der Waals surface area contributed by atoms with Gasteiger partial charge in [-0.05, 0) is 45.4 Å². The third-order valence-electron chi connectivity index (χ3n) is 2.53. The predicted molar refractivity (Wildman–Crippen MR) is 87.8 cm³/mol. The third kappa shape index (κ3) is 5.80. The van der Waals surface area contributed by atoms with Crippen LogP contribution < -0.4 is 10.6 Å². The number of nitro groups is 1. The molecule has 0 spiro atoms. The molecule has 1 amide bonds. The number of alkyl carbamates (subject to hydrolysis) is 1. The molecule has 0 saturated carbocycles. The second-order valence-electron chi connectivity index (χ2n) is 5.79. The van der Waals surface area contributed by atoms with Crippen LogP contribution in [0.1, 0.15) is 26.3 Å². The normalized spacial score (nSPS) is 11.0. The summed E-state index contributed by atoms with van der Waals surface area (Å²) in [5.74, 6) is 0. The van der Waals surface area contributed by atoms with Gasteiger partial charge in [0.05, 0.1) is 9.82 Å². The van der Waals surface area contributed by atoms with E-state index in [4.69, 9.17) is 4.74 Å². The zero-order valence-electron chi connectivity index (χ0n) is 13.1. The van der Waals surface area contributed by atoms with Crippen LogP contribution in [0.4, 0.5) is 16.2 Å². The van der Waals surface area contributed by atoms with Crippen LogP contribution in [-0.4, -0.2) is 29.7 Å². The number of ether oxygens (including phenoxy) is 1. The van der Waals surface area contributed by atoms with Gasteiger partial charge in [-0.1, -0.05) is 0 Å². The topological polar surface area (TPSA) is 93.5 Å². The summed E-state index contributed by atoms with van der Waals surface area (Å²) in [6, 6.07) is 3.30. The van der Waals surface area contributed by atoms with Crippen molar-refractivity contribution in [1.82, 2.24) is 5.32 Å². The number of benzene rings is 1. The summed E-state index contributed by atoms with van der Waals surface area (Å²) in [5.41, 5.74) is 0.596. The first-order chi connectivity index (χ1) is 10.1. The lowest BCUT2D eigenvalue weighted by molar-refractivity contribution is -0.386. The largest absolute Gasteiger partial charge is 0.444 e. The van der Waals surface area contributed by atoms with Gasteiger partial charge in [0, 0.05) is 13.1 Å². The Morgan fingerprint density at radius 2 is 2.00 bits per heavy atom. The zero-order valence-corrected chi connectivity index (χ0v) is 14.0. The van der Waals surface area contributed by atoms with Crippen molar-refractivity contribution in [2.75, 3.05) is 18.4 Å². The highest BCUT2D eigenvalue weighted by Gasteiger charge is 2.19. The van der Waals surface area contributed by atoms with Crippen LogP contribution in [0.3, 0.4) is 0 Å². The Morgan fingerprint density at radius 1 is 1.36 bits per heavy atom. The molecular formula is C14H21N3O4S. The van der Waals surface area contributed by atoms with E-state index in [1.54, 1.807) is 32.9 Å². The highest BCUT2D eigenvalue weighted by molar-refractivity contribution is 7.80. The van der Waals surface area contributed by atoms with Gasteiger partial charge in [-0.2, -0.15) is 0 Å². The van der Waals surface area contributed by atoms with Crippen LogP contribution in [0, 0.1) is 17.0 Å². The maximum absolute atomic E-state index is 11.5. The summed E-state index contributed by atoms with van der Waals surface area (Å²) >= 11 is 4.13. The average Bonchev–Trinajstić information content (AvgIpc) is 2.30. The van der Waals surface area contributed by atoms with Gasteiger partial charge in [0.1, 0.15) is 11.3 Å². The number of hydrogen-bond donors (Lipinski definition) is 3. The SMILES string of the molecule is Cc1cc(S)c([N+](=O)[O-])c(NCCNC(=O)OC(C)(C)C)c1.